The summed E-state index contributed by atoms with van der Waals surface area (Å²) in [4.78, 5) is 17.2. The van der Waals surface area contributed by atoms with Crippen LogP contribution in [0.15, 0.2) is 30.5 Å². The summed E-state index contributed by atoms with van der Waals surface area (Å²) in [6, 6.07) is 6.81. The number of anilines is 1. The summed E-state index contributed by atoms with van der Waals surface area (Å²) in [7, 11) is 0. The van der Waals surface area contributed by atoms with E-state index in [9.17, 15) is 4.79 Å². The average Bonchev–Trinajstić information content (AvgIpc) is 2.85. The third kappa shape index (κ3) is 3.96. The van der Waals surface area contributed by atoms with Crippen LogP contribution >= 0.6 is 11.3 Å². The highest BCUT2D eigenvalue weighted by Gasteiger charge is 2.12. The second-order valence-corrected chi connectivity index (χ2v) is 5.72. The van der Waals surface area contributed by atoms with Gasteiger partial charge in [0.25, 0.3) is 5.91 Å². The fourth-order valence-electron chi connectivity index (χ4n) is 1.63. The Kier molecular flexibility index (Phi) is 4.57. The van der Waals surface area contributed by atoms with Gasteiger partial charge in [-0.15, -0.1) is 11.3 Å². The molecule has 1 amide bonds. The molecule has 1 unspecified atom stereocenters. The number of aryl methyl sites for hydroxylation is 1. The van der Waals surface area contributed by atoms with Crippen molar-refractivity contribution in [1.29, 1.82) is 0 Å². The predicted molar refractivity (Wildman–Crippen MR) is 79.8 cm³/mol. The number of aromatic nitrogens is 1. The van der Waals surface area contributed by atoms with Crippen molar-refractivity contribution in [3.8, 4) is 5.75 Å². The molecule has 1 aromatic carbocycles. The fourth-order valence-corrected chi connectivity index (χ4v) is 2.41. The third-order valence-corrected chi connectivity index (χ3v) is 3.73. The highest BCUT2D eigenvalue weighted by atomic mass is 32.1. The summed E-state index contributed by atoms with van der Waals surface area (Å²) in [5, 5.41) is 3.74. The molecule has 6 heteroatoms. The van der Waals surface area contributed by atoms with Gasteiger partial charge in [0, 0.05) is 16.8 Å². The number of nitrogens with one attached hydrogen (secondary N) is 1. The molecule has 0 aliphatic carbocycles. The fraction of sp³-hybridized carbons (Fsp3) is 0.286. The molecular weight excluding hydrogens is 274 g/mol. The standard InChI is InChI=1S/C14H17N3O2S/c1-9-7-16-14(20-9)10(2)17-13(18)8-19-12-5-3-11(15)4-6-12/h3-7,10H,8,15H2,1-2H3,(H,17,18). The lowest BCUT2D eigenvalue weighted by molar-refractivity contribution is -0.123. The van der Waals surface area contributed by atoms with Gasteiger partial charge < -0.3 is 15.8 Å². The van der Waals surface area contributed by atoms with Crippen molar-refractivity contribution in [2.24, 2.45) is 0 Å². The van der Waals surface area contributed by atoms with E-state index in [0.717, 1.165) is 9.88 Å². The van der Waals surface area contributed by atoms with Gasteiger partial charge in [0.15, 0.2) is 6.61 Å². The molecule has 0 saturated heterocycles. The van der Waals surface area contributed by atoms with Crippen molar-refractivity contribution < 1.29 is 9.53 Å². The first kappa shape index (κ1) is 14.3. The van der Waals surface area contributed by atoms with Crippen LogP contribution in [0.2, 0.25) is 0 Å². The van der Waals surface area contributed by atoms with Crippen molar-refractivity contribution in [1.82, 2.24) is 10.3 Å². The monoisotopic (exact) mass is 291 g/mol. The number of thiazole rings is 1. The molecule has 1 aromatic heterocycles. The number of hydrogen-bond donors (Lipinski definition) is 2. The van der Waals surface area contributed by atoms with Gasteiger partial charge in [0.2, 0.25) is 0 Å². The second-order valence-electron chi connectivity index (χ2n) is 4.46. The number of ether oxygens (including phenoxy) is 1. The van der Waals surface area contributed by atoms with Gasteiger partial charge in [-0.3, -0.25) is 4.79 Å². The van der Waals surface area contributed by atoms with Crippen LogP contribution < -0.4 is 15.8 Å². The minimum Gasteiger partial charge on any atom is -0.484 e. The van der Waals surface area contributed by atoms with Crippen LogP contribution in [0.25, 0.3) is 0 Å². The summed E-state index contributed by atoms with van der Waals surface area (Å²) < 4.78 is 5.38. The molecule has 0 spiro atoms. The van der Waals surface area contributed by atoms with Crippen molar-refractivity contribution in [2.75, 3.05) is 12.3 Å². The molecule has 3 N–H and O–H groups in total. The Morgan fingerprint density at radius 3 is 2.75 bits per heavy atom. The third-order valence-electron chi connectivity index (χ3n) is 2.64. The molecule has 0 saturated carbocycles. The molecule has 0 radical (unpaired) electrons. The Bertz CT molecular complexity index is 580. The number of nitrogens with zero attached hydrogens (tertiary/aromatic N) is 1. The first-order valence-electron chi connectivity index (χ1n) is 6.24. The quantitative estimate of drug-likeness (QED) is 0.829. The Morgan fingerprint density at radius 2 is 2.15 bits per heavy atom. The zero-order chi connectivity index (χ0) is 14.5. The normalized spacial score (nSPS) is 11.9. The number of hydrogen-bond acceptors (Lipinski definition) is 5. The lowest BCUT2D eigenvalue weighted by Gasteiger charge is -2.12. The van der Waals surface area contributed by atoms with Crippen molar-refractivity contribution >= 4 is 22.9 Å². The van der Waals surface area contributed by atoms with Crippen LogP contribution in [0.1, 0.15) is 22.9 Å². The first-order valence-corrected chi connectivity index (χ1v) is 7.06. The maximum atomic E-state index is 11.8. The van der Waals surface area contributed by atoms with Gasteiger partial charge in [-0.25, -0.2) is 4.98 Å². The molecule has 106 valence electrons. The molecule has 0 aliphatic heterocycles. The Morgan fingerprint density at radius 1 is 1.45 bits per heavy atom. The molecular formula is C14H17N3O2S. The molecule has 20 heavy (non-hydrogen) atoms. The van der Waals surface area contributed by atoms with Gasteiger partial charge in [0.1, 0.15) is 10.8 Å². The van der Waals surface area contributed by atoms with Crippen molar-refractivity contribution in [2.45, 2.75) is 19.9 Å². The predicted octanol–water partition coefficient (Wildman–Crippen LogP) is 2.29. The van der Waals surface area contributed by atoms with Crippen LogP contribution in [-0.2, 0) is 4.79 Å². The van der Waals surface area contributed by atoms with Crippen LogP contribution in [-0.4, -0.2) is 17.5 Å². The van der Waals surface area contributed by atoms with Gasteiger partial charge in [0.05, 0.1) is 6.04 Å². The number of benzene rings is 1. The lowest BCUT2D eigenvalue weighted by atomic mass is 10.3. The van der Waals surface area contributed by atoms with E-state index in [2.05, 4.69) is 10.3 Å². The van der Waals surface area contributed by atoms with E-state index in [1.54, 1.807) is 41.8 Å². The van der Waals surface area contributed by atoms with E-state index >= 15 is 0 Å². The van der Waals surface area contributed by atoms with E-state index in [-0.39, 0.29) is 18.6 Å². The molecule has 0 bridgehead atoms. The number of amides is 1. The number of rotatable bonds is 5. The van der Waals surface area contributed by atoms with Gasteiger partial charge in [-0.05, 0) is 38.1 Å². The van der Waals surface area contributed by atoms with Gasteiger partial charge >= 0.3 is 0 Å². The topological polar surface area (TPSA) is 77.2 Å². The molecule has 0 aliphatic rings. The minimum atomic E-state index is -0.179. The highest BCUT2D eigenvalue weighted by Crippen LogP contribution is 2.19. The highest BCUT2D eigenvalue weighted by molar-refractivity contribution is 7.11. The summed E-state index contributed by atoms with van der Waals surface area (Å²) >= 11 is 1.57. The summed E-state index contributed by atoms with van der Waals surface area (Å²) in [6.45, 7) is 3.86. The smallest absolute Gasteiger partial charge is 0.258 e. The maximum absolute atomic E-state index is 11.8. The van der Waals surface area contributed by atoms with Crippen LogP contribution in [0.4, 0.5) is 5.69 Å². The van der Waals surface area contributed by atoms with E-state index in [1.165, 1.54) is 0 Å². The molecule has 1 atom stereocenters. The first-order chi connectivity index (χ1) is 9.54. The number of nitrogen functional groups attached to an aromatic ring is 1. The number of carbonyl (C=O) groups is 1. The maximum Gasteiger partial charge on any atom is 0.258 e. The summed E-state index contributed by atoms with van der Waals surface area (Å²) in [6.07, 6.45) is 1.80. The number of carbonyl (C=O) groups excluding carboxylic acids is 1. The van der Waals surface area contributed by atoms with Crippen LogP contribution in [0.3, 0.4) is 0 Å². The SMILES string of the molecule is Cc1cnc(C(C)NC(=O)COc2ccc(N)cc2)s1. The molecule has 2 aromatic rings. The van der Waals surface area contributed by atoms with E-state index in [1.807, 2.05) is 13.8 Å². The minimum absolute atomic E-state index is 0.0292. The van der Waals surface area contributed by atoms with Gasteiger partial charge in [-0.2, -0.15) is 0 Å². The molecule has 1 heterocycles. The lowest BCUT2D eigenvalue weighted by Crippen LogP contribution is -2.31. The van der Waals surface area contributed by atoms with E-state index in [4.69, 9.17) is 10.5 Å². The number of nitrogens with two attached hydrogens (primary N) is 1. The zero-order valence-electron chi connectivity index (χ0n) is 11.4. The summed E-state index contributed by atoms with van der Waals surface area (Å²) in [5.74, 6) is 0.439. The molecule has 0 fully saturated rings. The Labute approximate surface area is 121 Å². The zero-order valence-corrected chi connectivity index (χ0v) is 12.2. The molecule has 5 nitrogen and oxygen atoms in total. The average molecular weight is 291 g/mol. The largest absolute Gasteiger partial charge is 0.484 e. The van der Waals surface area contributed by atoms with E-state index in [0.29, 0.717) is 11.4 Å². The van der Waals surface area contributed by atoms with Crippen LogP contribution in [0, 0.1) is 6.92 Å². The van der Waals surface area contributed by atoms with Crippen molar-refractivity contribution in [3.63, 3.8) is 0 Å². The Hall–Kier alpha value is -2.08. The molecule has 2 rings (SSSR count). The Balaban J connectivity index is 1.82. The summed E-state index contributed by atoms with van der Waals surface area (Å²) in [5.41, 5.74) is 6.24. The van der Waals surface area contributed by atoms with Gasteiger partial charge in [-0.1, -0.05) is 0 Å². The van der Waals surface area contributed by atoms with Crippen LogP contribution in [0.5, 0.6) is 5.75 Å². The second kappa shape index (κ2) is 6.38. The van der Waals surface area contributed by atoms with Crippen molar-refractivity contribution in [3.05, 3.63) is 40.3 Å². The van der Waals surface area contributed by atoms with E-state index < -0.39 is 0 Å².